The summed E-state index contributed by atoms with van der Waals surface area (Å²) in [5, 5.41) is 16.6. The molecule has 196 valence electrons. The topological polar surface area (TPSA) is 131 Å². The number of nitrogens with zero attached hydrogens (tertiary/aromatic N) is 5. The van der Waals surface area contributed by atoms with E-state index in [2.05, 4.69) is 33.8 Å². The van der Waals surface area contributed by atoms with Crippen LogP contribution in [0, 0.1) is 23.5 Å². The molecule has 2 aromatic heterocycles. The van der Waals surface area contributed by atoms with E-state index in [9.17, 15) is 19.1 Å². The van der Waals surface area contributed by atoms with Gasteiger partial charge in [0.1, 0.15) is 22.7 Å². The van der Waals surface area contributed by atoms with Crippen molar-refractivity contribution >= 4 is 42.2 Å². The minimum atomic E-state index is -0.919. The fourth-order valence-electron chi connectivity index (χ4n) is 4.25. The first-order valence-electron chi connectivity index (χ1n) is 11.3. The number of fused-ring (bicyclic) bond motifs is 1. The molecule has 1 aliphatic heterocycles. The first-order chi connectivity index (χ1) is 17.3. The van der Waals surface area contributed by atoms with Gasteiger partial charge in [0.05, 0.1) is 30.1 Å². The maximum atomic E-state index is 15.1. The van der Waals surface area contributed by atoms with E-state index < -0.39 is 23.1 Å². The van der Waals surface area contributed by atoms with Crippen LogP contribution in [0.5, 0.6) is 0 Å². The zero-order valence-electron chi connectivity index (χ0n) is 20.1. The van der Waals surface area contributed by atoms with Crippen LogP contribution in [0.4, 0.5) is 14.6 Å². The highest BCUT2D eigenvalue weighted by molar-refractivity contribution is 7.59. The Bertz CT molecular complexity index is 1420. The summed E-state index contributed by atoms with van der Waals surface area (Å²) in [6.45, 7) is 6.40. The lowest BCUT2D eigenvalue weighted by Crippen LogP contribution is -2.28. The SMILES string of the molecule is C=CC(=O)N1CC[C@H](n2nc(C#Cc3c(F)cc4c(ncn4CC)c3F)c(C(N)=O)c2NCCO)C1.S. The third-order valence-corrected chi connectivity index (χ3v) is 6.01. The van der Waals surface area contributed by atoms with Crippen molar-refractivity contribution in [2.24, 2.45) is 5.73 Å². The molecule has 0 unspecified atom stereocenters. The summed E-state index contributed by atoms with van der Waals surface area (Å²) in [7, 11) is 0. The number of nitrogens with two attached hydrogens (primary N) is 1. The maximum Gasteiger partial charge on any atom is 0.255 e. The molecular formula is C24H27F2N7O3S. The second-order valence-electron chi connectivity index (χ2n) is 8.16. The number of primary amides is 1. The van der Waals surface area contributed by atoms with Crippen LogP contribution in [0.3, 0.4) is 0 Å². The van der Waals surface area contributed by atoms with Gasteiger partial charge in [0, 0.05) is 32.2 Å². The Kier molecular flexibility index (Phi) is 8.57. The molecule has 1 fully saturated rings. The quantitative estimate of drug-likeness (QED) is 0.313. The van der Waals surface area contributed by atoms with Gasteiger partial charge < -0.3 is 25.6 Å². The number of carbonyl (C=O) groups excluding carboxylic acids is 2. The van der Waals surface area contributed by atoms with Crippen LogP contribution in [0.1, 0.15) is 41.0 Å². The number of benzene rings is 1. The monoisotopic (exact) mass is 531 g/mol. The summed E-state index contributed by atoms with van der Waals surface area (Å²) in [4.78, 5) is 30.0. The number of aromatic nitrogens is 4. The predicted octanol–water partition coefficient (Wildman–Crippen LogP) is 1.51. The van der Waals surface area contributed by atoms with E-state index in [1.165, 1.54) is 17.1 Å². The van der Waals surface area contributed by atoms with E-state index in [1.807, 2.05) is 6.92 Å². The van der Waals surface area contributed by atoms with Crippen molar-refractivity contribution in [2.75, 3.05) is 31.6 Å². The third kappa shape index (κ3) is 5.16. The largest absolute Gasteiger partial charge is 0.395 e. The molecule has 1 aliphatic rings. The summed E-state index contributed by atoms with van der Waals surface area (Å²) in [6.07, 6.45) is 3.16. The molecule has 10 nitrogen and oxygen atoms in total. The molecule has 0 radical (unpaired) electrons. The highest BCUT2D eigenvalue weighted by Crippen LogP contribution is 2.29. The van der Waals surface area contributed by atoms with Crippen LogP contribution >= 0.6 is 13.5 Å². The molecule has 1 saturated heterocycles. The van der Waals surface area contributed by atoms with Crippen molar-refractivity contribution in [3.8, 4) is 11.8 Å². The van der Waals surface area contributed by atoms with Gasteiger partial charge in [0.25, 0.3) is 5.91 Å². The fourth-order valence-corrected chi connectivity index (χ4v) is 4.25. The van der Waals surface area contributed by atoms with Gasteiger partial charge in [-0.25, -0.2) is 18.4 Å². The summed E-state index contributed by atoms with van der Waals surface area (Å²) >= 11 is 0. The van der Waals surface area contributed by atoms with Crippen LogP contribution in [0.15, 0.2) is 25.0 Å². The van der Waals surface area contributed by atoms with Crippen molar-refractivity contribution < 1.29 is 23.5 Å². The van der Waals surface area contributed by atoms with E-state index in [4.69, 9.17) is 5.73 Å². The number of aryl methyl sites for hydroxylation is 1. The second-order valence-corrected chi connectivity index (χ2v) is 8.16. The van der Waals surface area contributed by atoms with E-state index >= 15 is 4.39 Å². The summed E-state index contributed by atoms with van der Waals surface area (Å²) in [5.74, 6) is 2.34. The molecule has 3 aromatic rings. The van der Waals surface area contributed by atoms with Gasteiger partial charge >= 0.3 is 0 Å². The molecule has 1 aromatic carbocycles. The Morgan fingerprint density at radius 2 is 2.14 bits per heavy atom. The van der Waals surface area contributed by atoms with Crippen LogP contribution in [0.2, 0.25) is 0 Å². The Morgan fingerprint density at radius 1 is 1.38 bits per heavy atom. The van der Waals surface area contributed by atoms with Crippen molar-refractivity contribution in [3.63, 3.8) is 0 Å². The van der Waals surface area contributed by atoms with Crippen LogP contribution < -0.4 is 11.1 Å². The van der Waals surface area contributed by atoms with Gasteiger partial charge in [0.15, 0.2) is 11.5 Å². The number of hydrogen-bond acceptors (Lipinski definition) is 6. The van der Waals surface area contributed by atoms with E-state index in [0.29, 0.717) is 31.6 Å². The van der Waals surface area contributed by atoms with E-state index in [-0.39, 0.29) is 61.2 Å². The van der Waals surface area contributed by atoms with Gasteiger partial charge in [0.2, 0.25) is 5.91 Å². The molecular weight excluding hydrogens is 504 g/mol. The molecule has 4 N–H and O–H groups in total. The number of anilines is 1. The number of likely N-dealkylation sites (tertiary alicyclic amines) is 1. The Morgan fingerprint density at radius 3 is 2.78 bits per heavy atom. The van der Waals surface area contributed by atoms with Gasteiger partial charge in [-0.2, -0.15) is 18.6 Å². The summed E-state index contributed by atoms with van der Waals surface area (Å²) in [5.41, 5.74) is 5.21. The number of carbonyl (C=O) groups is 2. The number of halogens is 2. The number of aliphatic hydroxyl groups is 1. The first kappa shape index (κ1) is 27.7. The number of imidazole rings is 1. The number of rotatable bonds is 7. The Balaban J connectivity index is 0.00000380. The number of nitrogens with one attached hydrogen (secondary N) is 1. The molecule has 0 saturated carbocycles. The first-order valence-corrected chi connectivity index (χ1v) is 11.3. The summed E-state index contributed by atoms with van der Waals surface area (Å²) in [6, 6.07) is 0.830. The molecule has 0 bridgehead atoms. The molecule has 2 amide bonds. The number of aliphatic hydroxyl groups excluding tert-OH is 1. The Labute approximate surface area is 218 Å². The smallest absolute Gasteiger partial charge is 0.255 e. The summed E-state index contributed by atoms with van der Waals surface area (Å²) < 4.78 is 33.0. The van der Waals surface area contributed by atoms with Gasteiger partial charge in [-0.15, -0.1) is 0 Å². The van der Waals surface area contributed by atoms with Crippen LogP contribution in [-0.4, -0.2) is 67.4 Å². The van der Waals surface area contributed by atoms with Gasteiger partial charge in [-0.1, -0.05) is 12.5 Å². The van der Waals surface area contributed by atoms with Crippen molar-refractivity contribution in [1.82, 2.24) is 24.2 Å². The normalized spacial score (nSPS) is 14.7. The van der Waals surface area contributed by atoms with Crippen molar-refractivity contribution in [2.45, 2.75) is 25.9 Å². The number of hydrogen-bond donors (Lipinski definition) is 3. The third-order valence-electron chi connectivity index (χ3n) is 6.01. The minimum absolute atomic E-state index is 0. The molecule has 4 rings (SSSR count). The van der Waals surface area contributed by atoms with E-state index in [0.717, 1.165) is 6.07 Å². The molecule has 37 heavy (non-hydrogen) atoms. The average molecular weight is 532 g/mol. The second kappa shape index (κ2) is 11.4. The zero-order valence-corrected chi connectivity index (χ0v) is 21.1. The zero-order chi connectivity index (χ0) is 26.0. The average Bonchev–Trinajstić information content (AvgIpc) is 3.58. The van der Waals surface area contributed by atoms with Crippen LogP contribution in [-0.2, 0) is 11.3 Å². The lowest BCUT2D eigenvalue weighted by atomic mass is 10.1. The highest BCUT2D eigenvalue weighted by atomic mass is 32.1. The number of amides is 2. The predicted molar refractivity (Wildman–Crippen MR) is 138 cm³/mol. The fraction of sp³-hybridized carbons (Fsp3) is 0.333. The van der Waals surface area contributed by atoms with Crippen LogP contribution in [0.25, 0.3) is 11.0 Å². The minimum Gasteiger partial charge on any atom is -0.395 e. The Hall–Kier alpha value is -3.89. The molecule has 1 atom stereocenters. The standard InChI is InChI=1S/C24H25F2N7O3.H2S/c1-3-19(35)32-9-7-14(12-32)33-24(28-8-10-34)20(23(27)36)17(30-33)6-5-15-16(25)11-18-22(21(15)26)29-13-31(18)4-2;/h3,11,13-14,28,34H,1,4,7-10,12H2,2H3,(H2,27,36);1H2/t14-;/m0./s1. The molecule has 0 aliphatic carbocycles. The van der Waals surface area contributed by atoms with Crippen molar-refractivity contribution in [1.29, 1.82) is 0 Å². The lowest BCUT2D eigenvalue weighted by Gasteiger charge is -2.17. The molecule has 13 heteroatoms. The van der Waals surface area contributed by atoms with E-state index in [1.54, 1.807) is 9.47 Å². The molecule has 3 heterocycles. The lowest BCUT2D eigenvalue weighted by molar-refractivity contribution is -0.125. The maximum absolute atomic E-state index is 15.1. The highest BCUT2D eigenvalue weighted by Gasteiger charge is 2.31. The van der Waals surface area contributed by atoms with Crippen molar-refractivity contribution in [3.05, 3.63) is 53.5 Å². The molecule has 0 spiro atoms. The van der Waals surface area contributed by atoms with Gasteiger partial charge in [-0.05, 0) is 25.3 Å². The van der Waals surface area contributed by atoms with Gasteiger partial charge in [-0.3, -0.25) is 9.59 Å².